The summed E-state index contributed by atoms with van der Waals surface area (Å²) in [7, 11) is 0. The number of carbonyl (C=O) groups is 2. The number of amides is 2. The predicted octanol–water partition coefficient (Wildman–Crippen LogP) is 3.83. The molecule has 0 saturated heterocycles. The van der Waals surface area contributed by atoms with Crippen molar-refractivity contribution < 1.29 is 9.59 Å². The average Bonchev–Trinajstić information content (AvgIpc) is 3.53. The minimum absolute atomic E-state index is 0.0264. The molecule has 5 heteroatoms. The molecule has 1 aliphatic carbocycles. The Kier molecular flexibility index (Phi) is 7.27. The summed E-state index contributed by atoms with van der Waals surface area (Å²) in [6.07, 6.45) is 3.32. The molecule has 2 aromatic carbocycles. The number of rotatable bonds is 10. The lowest BCUT2D eigenvalue weighted by molar-refractivity contribution is -0.123. The Morgan fingerprint density at radius 1 is 1.00 bits per heavy atom. The molecule has 0 heterocycles. The van der Waals surface area contributed by atoms with E-state index in [0.29, 0.717) is 30.6 Å². The fraction of sp³-hybridized carbons (Fsp3) is 0.440. The van der Waals surface area contributed by atoms with Gasteiger partial charge in [-0.2, -0.15) is 0 Å². The molecular formula is C25H33N3O2. The first-order valence-electron chi connectivity index (χ1n) is 10.8. The lowest BCUT2D eigenvalue weighted by atomic mass is 10.00. The van der Waals surface area contributed by atoms with Gasteiger partial charge in [0.05, 0.1) is 12.6 Å². The second-order valence-electron chi connectivity index (χ2n) is 8.83. The summed E-state index contributed by atoms with van der Waals surface area (Å²) in [5, 5.41) is 3.14. The van der Waals surface area contributed by atoms with E-state index in [4.69, 9.17) is 5.73 Å². The van der Waals surface area contributed by atoms with Gasteiger partial charge in [-0.25, -0.2) is 0 Å². The summed E-state index contributed by atoms with van der Waals surface area (Å²) in [6.45, 7) is 7.52. The van der Waals surface area contributed by atoms with E-state index in [9.17, 15) is 9.59 Å². The van der Waals surface area contributed by atoms with Gasteiger partial charge >= 0.3 is 0 Å². The van der Waals surface area contributed by atoms with Crippen molar-refractivity contribution in [2.24, 2.45) is 11.7 Å². The van der Waals surface area contributed by atoms with Crippen LogP contribution < -0.4 is 11.1 Å². The van der Waals surface area contributed by atoms with Gasteiger partial charge in [0.25, 0.3) is 0 Å². The van der Waals surface area contributed by atoms with Gasteiger partial charge in [-0.05, 0) is 60.9 Å². The molecule has 1 aliphatic rings. The van der Waals surface area contributed by atoms with Gasteiger partial charge in [0.15, 0.2) is 0 Å². The molecule has 1 fully saturated rings. The third-order valence-corrected chi connectivity index (χ3v) is 5.54. The number of primary amides is 1. The minimum atomic E-state index is -0.425. The molecule has 1 saturated carbocycles. The number of nitrogens with zero attached hydrogens (tertiary/aromatic N) is 1. The lowest BCUT2D eigenvalue weighted by Gasteiger charge is -2.23. The largest absolute Gasteiger partial charge is 0.366 e. The Labute approximate surface area is 179 Å². The number of nitrogens with two attached hydrogens (primary N) is 1. The lowest BCUT2D eigenvalue weighted by Crippen LogP contribution is -2.39. The van der Waals surface area contributed by atoms with Gasteiger partial charge in [0, 0.05) is 18.2 Å². The smallest absolute Gasteiger partial charge is 0.248 e. The molecule has 0 aromatic heterocycles. The van der Waals surface area contributed by atoms with E-state index in [1.54, 1.807) is 12.1 Å². The molecular weight excluding hydrogens is 374 g/mol. The van der Waals surface area contributed by atoms with E-state index in [1.165, 1.54) is 5.56 Å². The van der Waals surface area contributed by atoms with E-state index in [2.05, 4.69) is 48.3 Å². The van der Waals surface area contributed by atoms with Crippen molar-refractivity contribution in [1.82, 2.24) is 10.2 Å². The average molecular weight is 408 g/mol. The van der Waals surface area contributed by atoms with Crippen molar-refractivity contribution in [3.8, 4) is 0 Å². The number of hydrogen-bond acceptors (Lipinski definition) is 3. The molecule has 3 rings (SSSR count). The zero-order valence-corrected chi connectivity index (χ0v) is 18.2. The number of carbonyl (C=O) groups excluding carboxylic acids is 2. The molecule has 5 nitrogen and oxygen atoms in total. The van der Waals surface area contributed by atoms with Gasteiger partial charge in [0.1, 0.15) is 0 Å². The molecule has 1 atom stereocenters. The van der Waals surface area contributed by atoms with Gasteiger partial charge in [-0.3, -0.25) is 14.5 Å². The Morgan fingerprint density at radius 3 is 2.13 bits per heavy atom. The van der Waals surface area contributed by atoms with Crippen LogP contribution in [0.25, 0.3) is 0 Å². The maximum Gasteiger partial charge on any atom is 0.248 e. The van der Waals surface area contributed by atoms with Crippen LogP contribution in [0.1, 0.15) is 66.7 Å². The highest BCUT2D eigenvalue weighted by Crippen LogP contribution is 2.28. The summed E-state index contributed by atoms with van der Waals surface area (Å²) in [4.78, 5) is 26.2. The van der Waals surface area contributed by atoms with Crippen LogP contribution in [0.5, 0.6) is 0 Å². The topological polar surface area (TPSA) is 75.4 Å². The second-order valence-corrected chi connectivity index (χ2v) is 8.83. The van der Waals surface area contributed by atoms with Crippen LogP contribution in [-0.2, 0) is 17.8 Å². The molecule has 0 bridgehead atoms. The van der Waals surface area contributed by atoms with Crippen molar-refractivity contribution in [3.63, 3.8) is 0 Å². The number of benzene rings is 2. The highest BCUT2D eigenvalue weighted by Gasteiger charge is 2.30. The number of nitrogens with one attached hydrogen (secondary N) is 1. The maximum absolute atomic E-state index is 12.7. The first-order chi connectivity index (χ1) is 14.3. The first-order valence-corrected chi connectivity index (χ1v) is 10.8. The quantitative estimate of drug-likeness (QED) is 0.629. The highest BCUT2D eigenvalue weighted by atomic mass is 16.2. The summed E-state index contributed by atoms with van der Waals surface area (Å²) in [5.74, 6) is 0.244. The van der Waals surface area contributed by atoms with Gasteiger partial charge in [-0.15, -0.1) is 0 Å². The first kappa shape index (κ1) is 22.0. The highest BCUT2D eigenvalue weighted by molar-refractivity contribution is 5.92. The third kappa shape index (κ3) is 6.42. The van der Waals surface area contributed by atoms with Gasteiger partial charge < -0.3 is 11.1 Å². The molecule has 0 radical (unpaired) electrons. The van der Waals surface area contributed by atoms with Crippen molar-refractivity contribution in [3.05, 3.63) is 70.8 Å². The monoisotopic (exact) mass is 407 g/mol. The normalized spacial score (nSPS) is 14.7. The molecule has 160 valence electrons. The van der Waals surface area contributed by atoms with Gasteiger partial charge in [0.2, 0.25) is 11.8 Å². The molecule has 30 heavy (non-hydrogen) atoms. The minimum Gasteiger partial charge on any atom is -0.366 e. The van der Waals surface area contributed by atoms with Crippen LogP contribution in [0.2, 0.25) is 0 Å². The van der Waals surface area contributed by atoms with Crippen LogP contribution in [0, 0.1) is 5.92 Å². The predicted molar refractivity (Wildman–Crippen MR) is 120 cm³/mol. The Balaban J connectivity index is 1.55. The van der Waals surface area contributed by atoms with Crippen molar-refractivity contribution in [1.29, 1.82) is 0 Å². The van der Waals surface area contributed by atoms with Crippen molar-refractivity contribution >= 4 is 11.8 Å². The second kappa shape index (κ2) is 9.90. The maximum atomic E-state index is 12.7. The van der Waals surface area contributed by atoms with E-state index in [1.807, 2.05) is 19.1 Å². The Bertz CT molecular complexity index is 855. The van der Waals surface area contributed by atoms with Gasteiger partial charge in [-0.1, -0.05) is 50.2 Å². The summed E-state index contributed by atoms with van der Waals surface area (Å²) in [6, 6.07) is 16.3. The van der Waals surface area contributed by atoms with Crippen molar-refractivity contribution in [2.75, 3.05) is 6.54 Å². The molecule has 3 N–H and O–H groups in total. The van der Waals surface area contributed by atoms with Crippen LogP contribution in [0.4, 0.5) is 0 Å². The van der Waals surface area contributed by atoms with Crippen molar-refractivity contribution in [2.45, 2.75) is 58.7 Å². The zero-order chi connectivity index (χ0) is 21.7. The molecule has 2 aromatic rings. The van der Waals surface area contributed by atoms with Crippen LogP contribution >= 0.6 is 0 Å². The summed E-state index contributed by atoms with van der Waals surface area (Å²) >= 11 is 0. The standard InChI is InChI=1S/C25H33N3O2/c1-17(2)14-19-4-8-21(9-5-19)18(3)27-24(29)16-28(23-12-13-23)15-20-6-10-22(11-7-20)25(26)30/h4-11,17-18,23H,12-16H2,1-3H3,(H2,26,30)(H,27,29)/t18-/m1/s1. The van der Waals surface area contributed by atoms with E-state index in [-0.39, 0.29) is 11.9 Å². The fourth-order valence-electron chi connectivity index (χ4n) is 3.73. The van der Waals surface area contributed by atoms with E-state index >= 15 is 0 Å². The van der Waals surface area contributed by atoms with E-state index in [0.717, 1.165) is 30.4 Å². The summed E-state index contributed by atoms with van der Waals surface area (Å²) < 4.78 is 0. The summed E-state index contributed by atoms with van der Waals surface area (Å²) in [5.41, 5.74) is 9.34. The van der Waals surface area contributed by atoms with Crippen LogP contribution in [-0.4, -0.2) is 29.3 Å². The van der Waals surface area contributed by atoms with E-state index < -0.39 is 5.91 Å². The zero-order valence-electron chi connectivity index (χ0n) is 18.2. The molecule has 0 unspecified atom stereocenters. The fourth-order valence-corrected chi connectivity index (χ4v) is 3.73. The SMILES string of the molecule is CC(C)Cc1ccc([C@@H](C)NC(=O)CN(Cc2ccc(C(N)=O)cc2)C2CC2)cc1. The molecule has 0 spiro atoms. The Morgan fingerprint density at radius 2 is 1.60 bits per heavy atom. The molecule has 0 aliphatic heterocycles. The molecule has 2 amide bonds. The Hall–Kier alpha value is -2.66. The van der Waals surface area contributed by atoms with Crippen LogP contribution in [0.3, 0.4) is 0 Å². The van der Waals surface area contributed by atoms with Crippen LogP contribution in [0.15, 0.2) is 48.5 Å². The number of hydrogen-bond donors (Lipinski definition) is 2. The third-order valence-electron chi connectivity index (χ3n) is 5.54.